The average molecular weight is 211 g/mol. The summed E-state index contributed by atoms with van der Waals surface area (Å²) >= 11 is 0. The topological polar surface area (TPSA) is 59.4 Å². The van der Waals surface area contributed by atoms with Crippen molar-refractivity contribution in [1.29, 1.82) is 0 Å². The minimum Gasteiger partial charge on any atom is -0.466 e. The molecule has 0 fully saturated rings. The number of nitrogens with two attached hydrogens (primary N) is 1. The van der Waals surface area contributed by atoms with Crippen molar-refractivity contribution >= 4 is 0 Å². The van der Waals surface area contributed by atoms with Crippen molar-refractivity contribution in [2.45, 2.75) is 40.2 Å². The molecule has 0 aliphatic carbocycles. The molecule has 0 amide bonds. The van der Waals surface area contributed by atoms with Crippen molar-refractivity contribution in [3.63, 3.8) is 0 Å². The van der Waals surface area contributed by atoms with Crippen molar-refractivity contribution in [3.8, 4) is 0 Å². The lowest BCUT2D eigenvalue weighted by atomic mass is 9.91. The molecule has 1 heterocycles. The first-order valence-electron chi connectivity index (χ1n) is 5.47. The second kappa shape index (κ2) is 4.81. The lowest BCUT2D eigenvalue weighted by Gasteiger charge is -2.20. The summed E-state index contributed by atoms with van der Waals surface area (Å²) in [5.74, 6) is 1.80. The molecule has 15 heavy (non-hydrogen) atoms. The summed E-state index contributed by atoms with van der Waals surface area (Å²) < 4.78 is 5.50. The number of aryl methyl sites for hydroxylation is 2. The van der Waals surface area contributed by atoms with Gasteiger partial charge in [0.25, 0.3) is 0 Å². The second-order valence-electron chi connectivity index (χ2n) is 4.10. The fourth-order valence-corrected chi connectivity index (χ4v) is 2.00. The minimum absolute atomic E-state index is 0.111. The predicted octanol–water partition coefficient (Wildman–Crippen LogP) is 2.22. The number of rotatable bonds is 4. The Bertz CT molecular complexity index is 327. The molecule has 0 aromatic carbocycles. The molecular formula is C12H21NO2. The van der Waals surface area contributed by atoms with Crippen molar-refractivity contribution in [2.75, 3.05) is 6.54 Å². The lowest BCUT2D eigenvalue weighted by molar-refractivity contribution is 0.108. The van der Waals surface area contributed by atoms with E-state index in [1.807, 2.05) is 27.7 Å². The predicted molar refractivity (Wildman–Crippen MR) is 60.7 cm³/mol. The highest BCUT2D eigenvalue weighted by Gasteiger charge is 2.24. The highest BCUT2D eigenvalue weighted by molar-refractivity contribution is 5.33. The summed E-state index contributed by atoms with van der Waals surface area (Å²) in [5, 5.41) is 10.2. The minimum atomic E-state index is -0.502. The fourth-order valence-electron chi connectivity index (χ4n) is 2.00. The average Bonchev–Trinajstić information content (AvgIpc) is 2.43. The van der Waals surface area contributed by atoms with Crippen molar-refractivity contribution in [1.82, 2.24) is 0 Å². The number of aliphatic hydroxyl groups is 1. The number of hydrogen-bond acceptors (Lipinski definition) is 3. The zero-order valence-corrected chi connectivity index (χ0v) is 10.0. The van der Waals surface area contributed by atoms with Gasteiger partial charge in [0.2, 0.25) is 0 Å². The van der Waals surface area contributed by atoms with E-state index in [9.17, 15) is 5.11 Å². The van der Waals surface area contributed by atoms with E-state index < -0.39 is 6.10 Å². The third kappa shape index (κ3) is 2.24. The van der Waals surface area contributed by atoms with Crippen LogP contribution in [0.1, 0.15) is 42.1 Å². The molecule has 0 saturated carbocycles. The monoisotopic (exact) mass is 211 g/mol. The Morgan fingerprint density at radius 2 is 1.87 bits per heavy atom. The van der Waals surface area contributed by atoms with Crippen LogP contribution in [0, 0.1) is 26.7 Å². The molecule has 3 nitrogen and oxygen atoms in total. The summed E-state index contributed by atoms with van der Waals surface area (Å²) in [6.07, 6.45) is 0.373. The first kappa shape index (κ1) is 12.3. The van der Waals surface area contributed by atoms with Gasteiger partial charge in [0.05, 0.1) is 6.10 Å². The Morgan fingerprint density at radius 3 is 2.20 bits per heavy atom. The SMILES string of the molecule is CCC(CN)C(O)c1c(C)oc(C)c1C. The van der Waals surface area contributed by atoms with E-state index >= 15 is 0 Å². The summed E-state index contributed by atoms with van der Waals surface area (Å²) in [6.45, 7) is 8.33. The Labute approximate surface area is 91.3 Å². The van der Waals surface area contributed by atoms with E-state index in [2.05, 4.69) is 0 Å². The van der Waals surface area contributed by atoms with Gasteiger partial charge in [-0.25, -0.2) is 0 Å². The Kier molecular flexibility index (Phi) is 3.94. The van der Waals surface area contributed by atoms with Crippen LogP contribution in [-0.2, 0) is 0 Å². The van der Waals surface area contributed by atoms with Gasteiger partial charge >= 0.3 is 0 Å². The number of furan rings is 1. The largest absolute Gasteiger partial charge is 0.466 e. The van der Waals surface area contributed by atoms with E-state index in [-0.39, 0.29) is 5.92 Å². The maximum Gasteiger partial charge on any atom is 0.107 e. The van der Waals surface area contributed by atoms with E-state index in [4.69, 9.17) is 10.2 Å². The van der Waals surface area contributed by atoms with E-state index in [0.717, 1.165) is 29.1 Å². The molecule has 0 aliphatic heterocycles. The van der Waals surface area contributed by atoms with Gasteiger partial charge in [0.15, 0.2) is 0 Å². The first-order valence-corrected chi connectivity index (χ1v) is 5.47. The molecule has 0 aliphatic rings. The third-order valence-electron chi connectivity index (χ3n) is 3.19. The van der Waals surface area contributed by atoms with Crippen LogP contribution in [0.5, 0.6) is 0 Å². The molecule has 2 atom stereocenters. The summed E-state index contributed by atoms with van der Waals surface area (Å²) in [7, 11) is 0. The van der Waals surface area contributed by atoms with Crippen LogP contribution in [0.4, 0.5) is 0 Å². The molecule has 0 saturated heterocycles. The zero-order valence-electron chi connectivity index (χ0n) is 10.0. The molecule has 1 aromatic heterocycles. The molecule has 3 N–H and O–H groups in total. The smallest absolute Gasteiger partial charge is 0.107 e. The van der Waals surface area contributed by atoms with Crippen molar-refractivity contribution < 1.29 is 9.52 Å². The molecule has 3 heteroatoms. The highest BCUT2D eigenvalue weighted by Crippen LogP contribution is 2.32. The van der Waals surface area contributed by atoms with Crippen molar-refractivity contribution in [2.24, 2.45) is 11.7 Å². The van der Waals surface area contributed by atoms with Crippen molar-refractivity contribution in [3.05, 3.63) is 22.6 Å². The van der Waals surface area contributed by atoms with Gasteiger partial charge < -0.3 is 15.3 Å². The Hall–Kier alpha value is -0.800. The van der Waals surface area contributed by atoms with E-state index in [1.165, 1.54) is 0 Å². The summed E-state index contributed by atoms with van der Waals surface area (Å²) in [6, 6.07) is 0. The van der Waals surface area contributed by atoms with E-state index in [1.54, 1.807) is 0 Å². The second-order valence-corrected chi connectivity index (χ2v) is 4.10. The first-order chi connectivity index (χ1) is 7.02. The molecule has 1 aromatic rings. The summed E-state index contributed by atoms with van der Waals surface area (Å²) in [5.41, 5.74) is 7.61. The lowest BCUT2D eigenvalue weighted by Crippen LogP contribution is -2.21. The van der Waals surface area contributed by atoms with Gasteiger partial charge in [-0.05, 0) is 39.3 Å². The highest BCUT2D eigenvalue weighted by atomic mass is 16.3. The van der Waals surface area contributed by atoms with Gasteiger partial charge in [-0.1, -0.05) is 6.92 Å². The quantitative estimate of drug-likeness (QED) is 0.802. The van der Waals surface area contributed by atoms with Crippen LogP contribution in [0.2, 0.25) is 0 Å². The van der Waals surface area contributed by atoms with Crippen LogP contribution in [0.15, 0.2) is 4.42 Å². The van der Waals surface area contributed by atoms with Gasteiger partial charge in [0.1, 0.15) is 11.5 Å². The molecule has 2 unspecified atom stereocenters. The zero-order chi connectivity index (χ0) is 11.6. The number of hydrogen-bond donors (Lipinski definition) is 2. The standard InChI is InChI=1S/C12H21NO2/c1-5-10(6-13)12(14)11-7(2)8(3)15-9(11)4/h10,12,14H,5-6,13H2,1-4H3. The molecule has 0 radical (unpaired) electrons. The van der Waals surface area contributed by atoms with Gasteiger partial charge in [-0.2, -0.15) is 0 Å². The van der Waals surface area contributed by atoms with E-state index in [0.29, 0.717) is 6.54 Å². The molecule has 86 valence electrons. The Morgan fingerprint density at radius 1 is 1.27 bits per heavy atom. The summed E-state index contributed by atoms with van der Waals surface area (Å²) in [4.78, 5) is 0. The maximum absolute atomic E-state index is 10.2. The van der Waals surface area contributed by atoms with Crippen LogP contribution < -0.4 is 5.73 Å². The third-order valence-corrected chi connectivity index (χ3v) is 3.19. The normalized spacial score (nSPS) is 15.3. The fraction of sp³-hybridized carbons (Fsp3) is 0.667. The Balaban J connectivity index is 3.04. The maximum atomic E-state index is 10.2. The number of aliphatic hydroxyl groups excluding tert-OH is 1. The van der Waals surface area contributed by atoms with Gasteiger partial charge in [0, 0.05) is 11.5 Å². The van der Waals surface area contributed by atoms with Gasteiger partial charge in [-0.3, -0.25) is 0 Å². The molecule has 0 bridgehead atoms. The molecular weight excluding hydrogens is 190 g/mol. The van der Waals surface area contributed by atoms with Crippen LogP contribution in [-0.4, -0.2) is 11.7 Å². The van der Waals surface area contributed by atoms with Gasteiger partial charge in [-0.15, -0.1) is 0 Å². The van der Waals surface area contributed by atoms with Crippen LogP contribution >= 0.6 is 0 Å². The van der Waals surface area contributed by atoms with Crippen LogP contribution in [0.25, 0.3) is 0 Å². The molecule has 0 spiro atoms. The molecule has 1 rings (SSSR count). The van der Waals surface area contributed by atoms with Crippen LogP contribution in [0.3, 0.4) is 0 Å².